The molecule has 2 aromatic heterocycles. The van der Waals surface area contributed by atoms with Gasteiger partial charge in [0.1, 0.15) is 10.8 Å². The van der Waals surface area contributed by atoms with Gasteiger partial charge in [-0.3, -0.25) is 9.78 Å². The molecule has 0 fully saturated rings. The highest BCUT2D eigenvalue weighted by Gasteiger charge is 2.14. The van der Waals surface area contributed by atoms with Crippen molar-refractivity contribution in [1.82, 2.24) is 9.97 Å². The van der Waals surface area contributed by atoms with Gasteiger partial charge in [0.05, 0.1) is 0 Å². The maximum atomic E-state index is 12.1. The second kappa shape index (κ2) is 4.93. The lowest BCUT2D eigenvalue weighted by Crippen LogP contribution is -2.27. The van der Waals surface area contributed by atoms with Crippen LogP contribution in [0.5, 0.6) is 0 Å². The lowest BCUT2D eigenvalue weighted by Gasteiger charge is -2.16. The van der Waals surface area contributed by atoms with Crippen molar-refractivity contribution in [3.05, 3.63) is 53.6 Å². The van der Waals surface area contributed by atoms with Gasteiger partial charge in [0, 0.05) is 25.1 Å². The van der Waals surface area contributed by atoms with E-state index in [0.717, 1.165) is 5.69 Å². The van der Waals surface area contributed by atoms with Crippen LogP contribution in [-0.4, -0.2) is 22.9 Å². The predicted molar refractivity (Wildman–Crippen MR) is 66.2 cm³/mol. The zero-order valence-corrected chi connectivity index (χ0v) is 9.93. The lowest BCUT2D eigenvalue weighted by atomic mass is 10.3. The highest BCUT2D eigenvalue weighted by molar-refractivity contribution is 6.29. The predicted octanol–water partition coefficient (Wildman–Crippen LogP) is 2.41. The average molecular weight is 248 g/mol. The summed E-state index contributed by atoms with van der Waals surface area (Å²) in [4.78, 5) is 21.5. The molecule has 2 aromatic rings. The monoisotopic (exact) mass is 247 g/mol. The Morgan fingerprint density at radius 1 is 1.24 bits per heavy atom. The van der Waals surface area contributed by atoms with Gasteiger partial charge in [0.15, 0.2) is 0 Å². The molecule has 0 unspecified atom stereocenters. The third-order valence-corrected chi connectivity index (χ3v) is 2.50. The Bertz CT molecular complexity index is 530. The van der Waals surface area contributed by atoms with E-state index < -0.39 is 0 Å². The summed E-state index contributed by atoms with van der Waals surface area (Å²) in [6.45, 7) is 0. The molecule has 1 amide bonds. The fraction of sp³-hybridized carbons (Fsp3) is 0.0833. The standard InChI is InChI=1S/C12H10ClN3O/c1-16(9-5-7-14-8-6-9)12(17)10-3-2-4-11(13)15-10/h2-8H,1H3. The number of hydrogen-bond donors (Lipinski definition) is 0. The molecule has 0 bridgehead atoms. The summed E-state index contributed by atoms with van der Waals surface area (Å²) in [6, 6.07) is 8.46. The molecule has 0 aliphatic heterocycles. The van der Waals surface area contributed by atoms with Crippen molar-refractivity contribution >= 4 is 23.2 Å². The molecule has 0 radical (unpaired) electrons. The number of hydrogen-bond acceptors (Lipinski definition) is 3. The number of rotatable bonds is 2. The van der Waals surface area contributed by atoms with Crippen molar-refractivity contribution in [2.24, 2.45) is 0 Å². The van der Waals surface area contributed by atoms with Crippen LogP contribution in [0.2, 0.25) is 5.15 Å². The van der Waals surface area contributed by atoms with Crippen molar-refractivity contribution in [3.8, 4) is 0 Å². The molecule has 0 aliphatic rings. The van der Waals surface area contributed by atoms with Crippen molar-refractivity contribution in [3.63, 3.8) is 0 Å². The average Bonchev–Trinajstić information content (AvgIpc) is 2.38. The van der Waals surface area contributed by atoms with E-state index in [-0.39, 0.29) is 5.91 Å². The van der Waals surface area contributed by atoms with E-state index in [1.54, 1.807) is 49.8 Å². The molecule has 86 valence electrons. The van der Waals surface area contributed by atoms with Crippen LogP contribution in [0.25, 0.3) is 0 Å². The number of carbonyl (C=O) groups is 1. The molecule has 5 heteroatoms. The Morgan fingerprint density at radius 3 is 2.59 bits per heavy atom. The first kappa shape index (κ1) is 11.5. The first-order valence-corrected chi connectivity index (χ1v) is 5.37. The number of nitrogens with zero attached hydrogens (tertiary/aromatic N) is 3. The van der Waals surface area contributed by atoms with Crippen molar-refractivity contribution in [1.29, 1.82) is 0 Å². The minimum absolute atomic E-state index is 0.210. The smallest absolute Gasteiger partial charge is 0.276 e. The zero-order chi connectivity index (χ0) is 12.3. The highest BCUT2D eigenvalue weighted by atomic mass is 35.5. The molecule has 2 rings (SSSR count). The molecule has 17 heavy (non-hydrogen) atoms. The Labute approximate surface area is 104 Å². The molecule has 0 saturated carbocycles. The van der Waals surface area contributed by atoms with E-state index in [1.807, 2.05) is 0 Å². The maximum Gasteiger partial charge on any atom is 0.276 e. The van der Waals surface area contributed by atoms with Gasteiger partial charge in [-0.15, -0.1) is 0 Å². The van der Waals surface area contributed by atoms with Crippen LogP contribution >= 0.6 is 11.6 Å². The second-order valence-electron chi connectivity index (χ2n) is 3.42. The van der Waals surface area contributed by atoms with Crippen LogP contribution in [0.4, 0.5) is 5.69 Å². The number of pyridine rings is 2. The molecule has 0 N–H and O–H groups in total. The molecule has 0 saturated heterocycles. The van der Waals surface area contributed by atoms with Crippen LogP contribution in [0.3, 0.4) is 0 Å². The summed E-state index contributed by atoms with van der Waals surface area (Å²) in [5, 5.41) is 0.305. The summed E-state index contributed by atoms with van der Waals surface area (Å²) in [7, 11) is 1.68. The van der Waals surface area contributed by atoms with E-state index in [1.165, 1.54) is 4.90 Å². The third kappa shape index (κ3) is 2.60. The van der Waals surface area contributed by atoms with Gasteiger partial charge in [-0.05, 0) is 24.3 Å². The van der Waals surface area contributed by atoms with Crippen LogP contribution in [0.15, 0.2) is 42.7 Å². The van der Waals surface area contributed by atoms with E-state index >= 15 is 0 Å². The van der Waals surface area contributed by atoms with Gasteiger partial charge in [-0.1, -0.05) is 17.7 Å². The summed E-state index contributed by atoms with van der Waals surface area (Å²) in [5.41, 5.74) is 1.07. The minimum atomic E-state index is -0.210. The summed E-state index contributed by atoms with van der Waals surface area (Å²) in [6.07, 6.45) is 3.26. The van der Waals surface area contributed by atoms with Crippen molar-refractivity contribution in [2.45, 2.75) is 0 Å². The molecule has 2 heterocycles. The van der Waals surface area contributed by atoms with E-state index in [2.05, 4.69) is 9.97 Å². The van der Waals surface area contributed by atoms with E-state index in [9.17, 15) is 4.79 Å². The van der Waals surface area contributed by atoms with E-state index in [0.29, 0.717) is 10.8 Å². The molecular weight excluding hydrogens is 238 g/mol. The van der Waals surface area contributed by atoms with Gasteiger partial charge in [-0.2, -0.15) is 0 Å². The van der Waals surface area contributed by atoms with E-state index in [4.69, 9.17) is 11.6 Å². The quantitative estimate of drug-likeness (QED) is 0.766. The Hall–Kier alpha value is -1.94. The fourth-order valence-corrected chi connectivity index (χ4v) is 1.55. The normalized spacial score (nSPS) is 10.0. The largest absolute Gasteiger partial charge is 0.310 e. The minimum Gasteiger partial charge on any atom is -0.310 e. The Kier molecular flexibility index (Phi) is 3.35. The number of aromatic nitrogens is 2. The third-order valence-electron chi connectivity index (χ3n) is 2.29. The van der Waals surface area contributed by atoms with Gasteiger partial charge in [0.25, 0.3) is 5.91 Å². The molecule has 0 aliphatic carbocycles. The number of anilines is 1. The lowest BCUT2D eigenvalue weighted by molar-refractivity contribution is 0.0988. The topological polar surface area (TPSA) is 46.1 Å². The Balaban J connectivity index is 2.27. The molecule has 0 atom stereocenters. The fourth-order valence-electron chi connectivity index (χ4n) is 1.38. The van der Waals surface area contributed by atoms with Crippen LogP contribution in [-0.2, 0) is 0 Å². The number of halogens is 1. The van der Waals surface area contributed by atoms with Gasteiger partial charge in [0.2, 0.25) is 0 Å². The van der Waals surface area contributed by atoms with Crippen molar-refractivity contribution in [2.75, 3.05) is 11.9 Å². The van der Waals surface area contributed by atoms with Crippen LogP contribution in [0, 0.1) is 0 Å². The van der Waals surface area contributed by atoms with Gasteiger partial charge in [-0.25, -0.2) is 4.98 Å². The SMILES string of the molecule is CN(C(=O)c1cccc(Cl)n1)c1ccncc1. The summed E-state index contributed by atoms with van der Waals surface area (Å²) < 4.78 is 0. The molecule has 0 aromatic carbocycles. The summed E-state index contributed by atoms with van der Waals surface area (Å²) >= 11 is 5.75. The van der Waals surface area contributed by atoms with Gasteiger partial charge < -0.3 is 4.90 Å². The van der Waals surface area contributed by atoms with Crippen LogP contribution < -0.4 is 4.90 Å². The maximum absolute atomic E-state index is 12.1. The first-order valence-electron chi connectivity index (χ1n) is 4.99. The summed E-state index contributed by atoms with van der Waals surface area (Å²) in [5.74, 6) is -0.210. The van der Waals surface area contributed by atoms with Gasteiger partial charge >= 0.3 is 0 Å². The second-order valence-corrected chi connectivity index (χ2v) is 3.80. The zero-order valence-electron chi connectivity index (χ0n) is 9.17. The molecule has 0 spiro atoms. The number of amides is 1. The molecular formula is C12H10ClN3O. The highest BCUT2D eigenvalue weighted by Crippen LogP contribution is 2.14. The van der Waals surface area contributed by atoms with Crippen molar-refractivity contribution < 1.29 is 4.79 Å². The Morgan fingerprint density at radius 2 is 1.94 bits per heavy atom. The number of carbonyl (C=O) groups excluding carboxylic acids is 1. The van der Waals surface area contributed by atoms with Crippen LogP contribution in [0.1, 0.15) is 10.5 Å². The first-order chi connectivity index (χ1) is 8.18. The molecule has 4 nitrogen and oxygen atoms in total.